The average Bonchev–Trinajstić information content (AvgIpc) is 3.20. The zero-order valence-corrected chi connectivity index (χ0v) is 16.5. The lowest BCUT2D eigenvalue weighted by Crippen LogP contribution is -2.44. The molecule has 9 heteroatoms. The predicted molar refractivity (Wildman–Crippen MR) is 108 cm³/mol. The van der Waals surface area contributed by atoms with Gasteiger partial charge in [0.05, 0.1) is 6.26 Å². The number of carboxylic acids is 1. The largest absolute Gasteiger partial charge is 0.480 e. The van der Waals surface area contributed by atoms with Crippen molar-refractivity contribution in [1.82, 2.24) is 10.6 Å². The molecule has 1 aromatic heterocycles. The summed E-state index contributed by atoms with van der Waals surface area (Å²) in [5.41, 5.74) is 0.490. The van der Waals surface area contributed by atoms with Gasteiger partial charge in [-0.3, -0.25) is 9.59 Å². The van der Waals surface area contributed by atoms with Crippen LogP contribution in [-0.2, 0) is 9.59 Å². The topological polar surface area (TPSA) is 109 Å². The maximum Gasteiger partial charge on any atom is 0.326 e. The molecule has 1 heterocycles. The van der Waals surface area contributed by atoms with Crippen LogP contribution in [0.15, 0.2) is 52.8 Å². The van der Waals surface area contributed by atoms with Crippen LogP contribution in [0, 0.1) is 0 Å². The number of carbonyl (C=O) groups is 3. The Labute approximate surface area is 171 Å². The predicted octanol–water partition coefficient (Wildman–Crippen LogP) is 3.03. The van der Waals surface area contributed by atoms with Crippen LogP contribution in [0.1, 0.15) is 22.5 Å². The van der Waals surface area contributed by atoms with E-state index in [1.54, 1.807) is 30.3 Å². The summed E-state index contributed by atoms with van der Waals surface area (Å²) in [6, 6.07) is 8.51. The monoisotopic (exact) mass is 422 g/mol. The summed E-state index contributed by atoms with van der Waals surface area (Å²) < 4.78 is 5.03. The molecule has 0 aliphatic carbocycles. The van der Waals surface area contributed by atoms with Gasteiger partial charge in [-0.1, -0.05) is 23.7 Å². The van der Waals surface area contributed by atoms with E-state index in [2.05, 4.69) is 10.6 Å². The maximum atomic E-state index is 12.7. The summed E-state index contributed by atoms with van der Waals surface area (Å²) in [6.45, 7) is 0. The summed E-state index contributed by atoms with van der Waals surface area (Å²) in [7, 11) is 0. The second-order valence-corrected chi connectivity index (χ2v) is 7.11. The molecule has 0 bridgehead atoms. The van der Waals surface area contributed by atoms with Crippen LogP contribution < -0.4 is 10.6 Å². The molecule has 0 fully saturated rings. The SMILES string of the molecule is CSCC[C@@H](NC(=O)/C(=C\c1ccc(Cl)cc1)NC(=O)c1ccco1)C(=O)O. The number of halogens is 1. The van der Waals surface area contributed by atoms with Gasteiger partial charge in [-0.25, -0.2) is 4.79 Å². The molecular formula is C19H19ClN2O5S. The van der Waals surface area contributed by atoms with Gasteiger partial charge in [0.15, 0.2) is 5.76 Å². The number of benzene rings is 1. The lowest BCUT2D eigenvalue weighted by molar-refractivity contribution is -0.141. The van der Waals surface area contributed by atoms with Crippen molar-refractivity contribution in [1.29, 1.82) is 0 Å². The number of aliphatic carboxylic acids is 1. The van der Waals surface area contributed by atoms with Crippen LogP contribution in [0.2, 0.25) is 5.02 Å². The lowest BCUT2D eigenvalue weighted by atomic mass is 10.1. The molecule has 1 aromatic carbocycles. The molecule has 1 atom stereocenters. The summed E-state index contributed by atoms with van der Waals surface area (Å²) in [5.74, 6) is -1.91. The van der Waals surface area contributed by atoms with Crippen molar-refractivity contribution in [2.75, 3.05) is 12.0 Å². The van der Waals surface area contributed by atoms with E-state index in [4.69, 9.17) is 16.0 Å². The summed E-state index contributed by atoms with van der Waals surface area (Å²) in [6.07, 6.45) is 4.86. The zero-order chi connectivity index (χ0) is 20.5. The quantitative estimate of drug-likeness (QED) is 0.536. The van der Waals surface area contributed by atoms with Crippen LogP contribution in [0.3, 0.4) is 0 Å². The molecule has 0 saturated carbocycles. The molecule has 0 spiro atoms. The molecule has 3 N–H and O–H groups in total. The standard InChI is InChI=1S/C19H19ClN2O5S/c1-28-10-8-14(19(25)26)21-17(23)15(11-12-4-6-13(20)7-5-12)22-18(24)16-3-2-9-27-16/h2-7,9,11,14H,8,10H2,1H3,(H,21,23)(H,22,24)(H,25,26)/b15-11+/t14-/m1/s1. The zero-order valence-electron chi connectivity index (χ0n) is 15.0. The molecule has 0 unspecified atom stereocenters. The first-order chi connectivity index (χ1) is 13.4. The molecule has 7 nitrogen and oxygen atoms in total. The number of furan rings is 1. The number of rotatable bonds is 9. The number of hydrogen-bond donors (Lipinski definition) is 3. The van der Waals surface area contributed by atoms with Gasteiger partial charge in [0.1, 0.15) is 11.7 Å². The minimum Gasteiger partial charge on any atom is -0.480 e. The van der Waals surface area contributed by atoms with Crippen molar-refractivity contribution < 1.29 is 23.9 Å². The van der Waals surface area contributed by atoms with E-state index in [0.717, 1.165) is 0 Å². The Bertz CT molecular complexity index is 850. The Morgan fingerprint density at radius 1 is 1.25 bits per heavy atom. The van der Waals surface area contributed by atoms with Crippen molar-refractivity contribution in [3.05, 3.63) is 64.7 Å². The number of carboxylic acid groups (broad SMARTS) is 1. The van der Waals surface area contributed by atoms with Crippen LogP contribution >= 0.6 is 23.4 Å². The molecule has 0 saturated heterocycles. The highest BCUT2D eigenvalue weighted by molar-refractivity contribution is 7.98. The van der Waals surface area contributed by atoms with E-state index in [0.29, 0.717) is 16.3 Å². The van der Waals surface area contributed by atoms with Gasteiger partial charge in [0.25, 0.3) is 11.8 Å². The number of nitrogens with one attached hydrogen (secondary N) is 2. The number of carbonyl (C=O) groups excluding carboxylic acids is 2. The lowest BCUT2D eigenvalue weighted by Gasteiger charge is -2.16. The van der Waals surface area contributed by atoms with E-state index in [1.165, 1.54) is 30.2 Å². The fourth-order valence-electron chi connectivity index (χ4n) is 2.20. The highest BCUT2D eigenvalue weighted by Crippen LogP contribution is 2.13. The Hall–Kier alpha value is -2.71. The third-order valence-corrected chi connectivity index (χ3v) is 4.53. The summed E-state index contributed by atoms with van der Waals surface area (Å²) in [5, 5.41) is 14.8. The first-order valence-electron chi connectivity index (χ1n) is 8.25. The van der Waals surface area contributed by atoms with Crippen LogP contribution in [0.25, 0.3) is 6.08 Å². The fraction of sp³-hybridized carbons (Fsp3) is 0.211. The first kappa shape index (κ1) is 21.6. The van der Waals surface area contributed by atoms with Crippen molar-refractivity contribution in [3.63, 3.8) is 0 Å². The van der Waals surface area contributed by atoms with E-state index >= 15 is 0 Å². The maximum absolute atomic E-state index is 12.7. The van der Waals surface area contributed by atoms with Crippen LogP contribution in [-0.4, -0.2) is 40.9 Å². The van der Waals surface area contributed by atoms with Gasteiger partial charge in [0.2, 0.25) is 0 Å². The minimum atomic E-state index is -1.15. The second-order valence-electron chi connectivity index (χ2n) is 5.69. The minimum absolute atomic E-state index is 0.0203. The Kier molecular flexibility index (Phi) is 8.16. The normalized spacial score (nSPS) is 12.3. The van der Waals surface area contributed by atoms with Crippen molar-refractivity contribution in [2.45, 2.75) is 12.5 Å². The number of hydrogen-bond acceptors (Lipinski definition) is 5. The van der Waals surface area contributed by atoms with Crippen molar-refractivity contribution in [2.24, 2.45) is 0 Å². The highest BCUT2D eigenvalue weighted by atomic mass is 35.5. The van der Waals surface area contributed by atoms with E-state index < -0.39 is 23.8 Å². The van der Waals surface area contributed by atoms with Crippen molar-refractivity contribution >= 4 is 47.2 Å². The van der Waals surface area contributed by atoms with Crippen LogP contribution in [0.4, 0.5) is 0 Å². The van der Waals surface area contributed by atoms with Gasteiger partial charge in [-0.05, 0) is 54.3 Å². The van der Waals surface area contributed by atoms with Gasteiger partial charge in [0, 0.05) is 5.02 Å². The molecule has 28 heavy (non-hydrogen) atoms. The van der Waals surface area contributed by atoms with E-state index in [-0.39, 0.29) is 17.9 Å². The summed E-state index contributed by atoms with van der Waals surface area (Å²) >= 11 is 7.34. The van der Waals surface area contributed by atoms with Gasteiger partial charge in [-0.2, -0.15) is 11.8 Å². The Balaban J connectivity index is 2.25. The second kappa shape index (κ2) is 10.6. The molecular weight excluding hydrogens is 404 g/mol. The Morgan fingerprint density at radius 2 is 1.96 bits per heavy atom. The van der Waals surface area contributed by atoms with E-state index in [1.807, 2.05) is 6.26 Å². The van der Waals surface area contributed by atoms with Gasteiger partial charge >= 0.3 is 5.97 Å². The van der Waals surface area contributed by atoms with E-state index in [9.17, 15) is 19.5 Å². The molecule has 148 valence electrons. The first-order valence-corrected chi connectivity index (χ1v) is 10.0. The molecule has 0 radical (unpaired) electrons. The molecule has 2 rings (SSSR count). The summed E-state index contributed by atoms with van der Waals surface area (Å²) in [4.78, 5) is 36.4. The smallest absolute Gasteiger partial charge is 0.326 e. The van der Waals surface area contributed by atoms with Crippen LogP contribution in [0.5, 0.6) is 0 Å². The molecule has 2 aromatic rings. The molecule has 2 amide bonds. The molecule has 0 aliphatic rings. The third-order valence-electron chi connectivity index (χ3n) is 3.63. The van der Waals surface area contributed by atoms with Gasteiger partial charge in [-0.15, -0.1) is 0 Å². The highest BCUT2D eigenvalue weighted by Gasteiger charge is 2.23. The third kappa shape index (κ3) is 6.47. The van der Waals surface area contributed by atoms with Crippen molar-refractivity contribution in [3.8, 4) is 0 Å². The number of thioether (sulfide) groups is 1. The Morgan fingerprint density at radius 3 is 2.54 bits per heavy atom. The number of amides is 2. The fourth-order valence-corrected chi connectivity index (χ4v) is 2.80. The molecule has 0 aliphatic heterocycles. The van der Waals surface area contributed by atoms with Gasteiger partial charge < -0.3 is 20.2 Å². The average molecular weight is 423 g/mol.